The first-order valence-electron chi connectivity index (χ1n) is 6.42. The highest BCUT2D eigenvalue weighted by atomic mass is 16.5. The smallest absolute Gasteiger partial charge is 0.354 e. The summed E-state index contributed by atoms with van der Waals surface area (Å²) in [5, 5.41) is 16.1. The van der Waals surface area contributed by atoms with E-state index in [0.717, 1.165) is 23.4 Å². The van der Waals surface area contributed by atoms with Gasteiger partial charge in [0.2, 0.25) is 0 Å². The Balaban J connectivity index is 2.27. The number of nitrogens with zero attached hydrogens (tertiary/aromatic N) is 2. The van der Waals surface area contributed by atoms with E-state index in [0.29, 0.717) is 5.82 Å². The van der Waals surface area contributed by atoms with Gasteiger partial charge >= 0.3 is 5.97 Å². The molecule has 0 aliphatic carbocycles. The van der Waals surface area contributed by atoms with Crippen LogP contribution in [0, 0.1) is 13.8 Å². The highest BCUT2D eigenvalue weighted by Crippen LogP contribution is 2.27. The van der Waals surface area contributed by atoms with Crippen LogP contribution in [0.15, 0.2) is 22.7 Å². The molecule has 0 saturated heterocycles. The number of hydrogen-bond acceptors (Lipinski definition) is 5. The SMILES string of the molecule is CCC(Nc1cccc(C(=O)O)n1)c1c(C)noc1C. The molecule has 2 aromatic heterocycles. The number of hydrogen-bond donors (Lipinski definition) is 2. The van der Waals surface area contributed by atoms with Gasteiger partial charge < -0.3 is 14.9 Å². The number of aryl methyl sites for hydroxylation is 2. The normalized spacial score (nSPS) is 12.2. The maximum absolute atomic E-state index is 10.9. The van der Waals surface area contributed by atoms with Gasteiger partial charge in [-0.3, -0.25) is 0 Å². The van der Waals surface area contributed by atoms with Crippen LogP contribution in [0.4, 0.5) is 5.82 Å². The molecule has 6 nitrogen and oxygen atoms in total. The van der Waals surface area contributed by atoms with Gasteiger partial charge in [0, 0.05) is 5.56 Å². The average molecular weight is 275 g/mol. The standard InChI is InChI=1S/C14H17N3O3/c1-4-10(13-8(2)17-20-9(13)3)15-12-7-5-6-11(16-12)14(18)19/h5-7,10H,4H2,1-3H3,(H,15,16)(H,18,19). The van der Waals surface area contributed by atoms with E-state index in [9.17, 15) is 4.79 Å². The number of aromatic nitrogens is 2. The molecule has 1 unspecified atom stereocenters. The molecule has 1 atom stereocenters. The fourth-order valence-corrected chi connectivity index (χ4v) is 2.18. The maximum Gasteiger partial charge on any atom is 0.354 e. The van der Waals surface area contributed by atoms with Gasteiger partial charge in [-0.05, 0) is 32.4 Å². The Morgan fingerprint density at radius 3 is 2.75 bits per heavy atom. The number of carbonyl (C=O) groups is 1. The van der Waals surface area contributed by atoms with E-state index in [1.807, 2.05) is 20.8 Å². The largest absolute Gasteiger partial charge is 0.477 e. The summed E-state index contributed by atoms with van der Waals surface area (Å²) in [4.78, 5) is 15.0. The maximum atomic E-state index is 10.9. The zero-order valence-electron chi connectivity index (χ0n) is 11.7. The fourth-order valence-electron chi connectivity index (χ4n) is 2.18. The first kappa shape index (κ1) is 14.0. The number of rotatable bonds is 5. The molecule has 2 heterocycles. The van der Waals surface area contributed by atoms with E-state index in [1.54, 1.807) is 12.1 Å². The number of pyridine rings is 1. The van der Waals surface area contributed by atoms with E-state index >= 15 is 0 Å². The van der Waals surface area contributed by atoms with Crippen LogP contribution < -0.4 is 5.32 Å². The zero-order valence-corrected chi connectivity index (χ0v) is 11.7. The Labute approximate surface area is 116 Å². The number of anilines is 1. The summed E-state index contributed by atoms with van der Waals surface area (Å²) in [6, 6.07) is 4.86. The Hall–Kier alpha value is -2.37. The van der Waals surface area contributed by atoms with Gasteiger partial charge in [-0.15, -0.1) is 0 Å². The second-order valence-electron chi connectivity index (χ2n) is 4.56. The van der Waals surface area contributed by atoms with Gasteiger partial charge in [-0.2, -0.15) is 0 Å². The van der Waals surface area contributed by atoms with Crippen molar-refractivity contribution in [3.8, 4) is 0 Å². The van der Waals surface area contributed by atoms with Crippen molar-refractivity contribution in [1.29, 1.82) is 0 Å². The van der Waals surface area contributed by atoms with Crippen LogP contribution in [-0.2, 0) is 0 Å². The molecule has 0 spiro atoms. The summed E-state index contributed by atoms with van der Waals surface area (Å²) >= 11 is 0. The molecule has 0 radical (unpaired) electrons. The Kier molecular flexibility index (Phi) is 4.02. The summed E-state index contributed by atoms with van der Waals surface area (Å²) in [5.41, 5.74) is 1.84. The minimum absolute atomic E-state index is 0.0159. The molecule has 0 saturated carbocycles. The molecule has 2 rings (SSSR count). The highest BCUT2D eigenvalue weighted by Gasteiger charge is 2.19. The molecule has 0 aromatic carbocycles. The van der Waals surface area contributed by atoms with Crippen molar-refractivity contribution >= 4 is 11.8 Å². The van der Waals surface area contributed by atoms with Crippen molar-refractivity contribution in [3.05, 3.63) is 40.9 Å². The van der Waals surface area contributed by atoms with Gasteiger partial charge in [0.05, 0.1) is 11.7 Å². The topological polar surface area (TPSA) is 88.2 Å². The summed E-state index contributed by atoms with van der Waals surface area (Å²) in [6.45, 7) is 5.78. The van der Waals surface area contributed by atoms with Crippen molar-refractivity contribution in [2.75, 3.05) is 5.32 Å². The molecular weight excluding hydrogens is 258 g/mol. The lowest BCUT2D eigenvalue weighted by molar-refractivity contribution is 0.0690. The summed E-state index contributed by atoms with van der Waals surface area (Å²) < 4.78 is 5.17. The van der Waals surface area contributed by atoms with Crippen LogP contribution in [0.25, 0.3) is 0 Å². The van der Waals surface area contributed by atoms with Crippen molar-refractivity contribution < 1.29 is 14.4 Å². The Morgan fingerprint density at radius 2 is 2.20 bits per heavy atom. The molecule has 0 aliphatic rings. The minimum atomic E-state index is -1.04. The Bertz CT molecular complexity index is 602. The number of carboxylic acids is 1. The predicted molar refractivity (Wildman–Crippen MR) is 73.8 cm³/mol. The molecule has 2 N–H and O–H groups in total. The average Bonchev–Trinajstić information content (AvgIpc) is 2.76. The highest BCUT2D eigenvalue weighted by molar-refractivity contribution is 5.85. The first-order valence-corrected chi connectivity index (χ1v) is 6.42. The van der Waals surface area contributed by atoms with E-state index in [4.69, 9.17) is 9.63 Å². The third-order valence-corrected chi connectivity index (χ3v) is 3.14. The third-order valence-electron chi connectivity index (χ3n) is 3.14. The van der Waals surface area contributed by atoms with E-state index in [2.05, 4.69) is 15.5 Å². The van der Waals surface area contributed by atoms with E-state index in [1.165, 1.54) is 6.07 Å². The molecule has 0 amide bonds. The molecule has 0 aliphatic heterocycles. The zero-order chi connectivity index (χ0) is 14.7. The van der Waals surface area contributed by atoms with Crippen LogP contribution in [0.5, 0.6) is 0 Å². The summed E-state index contributed by atoms with van der Waals surface area (Å²) in [7, 11) is 0. The van der Waals surface area contributed by atoms with Crippen LogP contribution in [0.3, 0.4) is 0 Å². The van der Waals surface area contributed by atoms with Gasteiger partial charge in [-0.25, -0.2) is 9.78 Å². The third kappa shape index (κ3) is 2.79. The van der Waals surface area contributed by atoms with Crippen LogP contribution >= 0.6 is 0 Å². The summed E-state index contributed by atoms with van der Waals surface area (Å²) in [5.74, 6) is 0.243. The van der Waals surface area contributed by atoms with E-state index < -0.39 is 5.97 Å². The minimum Gasteiger partial charge on any atom is -0.477 e. The molecule has 20 heavy (non-hydrogen) atoms. The van der Waals surface area contributed by atoms with Crippen molar-refractivity contribution in [2.45, 2.75) is 33.2 Å². The lowest BCUT2D eigenvalue weighted by atomic mass is 10.0. The quantitative estimate of drug-likeness (QED) is 0.872. The lowest BCUT2D eigenvalue weighted by Gasteiger charge is -2.17. The molecule has 2 aromatic rings. The summed E-state index contributed by atoms with van der Waals surface area (Å²) in [6.07, 6.45) is 0.807. The number of aromatic carboxylic acids is 1. The second kappa shape index (κ2) is 5.73. The monoisotopic (exact) mass is 275 g/mol. The number of nitrogens with one attached hydrogen (secondary N) is 1. The molecule has 0 fully saturated rings. The van der Waals surface area contributed by atoms with Crippen LogP contribution in [0.2, 0.25) is 0 Å². The van der Waals surface area contributed by atoms with Gasteiger partial charge in [0.1, 0.15) is 11.6 Å². The molecule has 0 bridgehead atoms. The van der Waals surface area contributed by atoms with Gasteiger partial charge in [-0.1, -0.05) is 18.1 Å². The molecular formula is C14H17N3O3. The fraction of sp³-hybridized carbons (Fsp3) is 0.357. The van der Waals surface area contributed by atoms with Gasteiger partial charge in [0.15, 0.2) is 5.69 Å². The first-order chi connectivity index (χ1) is 9.52. The van der Waals surface area contributed by atoms with Gasteiger partial charge in [0.25, 0.3) is 0 Å². The predicted octanol–water partition coefficient (Wildman–Crippen LogP) is 2.95. The number of carboxylic acid groups (broad SMARTS) is 1. The molecule has 6 heteroatoms. The van der Waals surface area contributed by atoms with Crippen molar-refractivity contribution in [3.63, 3.8) is 0 Å². The van der Waals surface area contributed by atoms with E-state index in [-0.39, 0.29) is 11.7 Å². The van der Waals surface area contributed by atoms with Crippen molar-refractivity contribution in [1.82, 2.24) is 10.1 Å². The molecule has 106 valence electrons. The van der Waals surface area contributed by atoms with Crippen LogP contribution in [0.1, 0.15) is 46.9 Å². The van der Waals surface area contributed by atoms with Crippen molar-refractivity contribution in [2.24, 2.45) is 0 Å². The second-order valence-corrected chi connectivity index (χ2v) is 4.56. The Morgan fingerprint density at radius 1 is 1.45 bits per heavy atom. The lowest BCUT2D eigenvalue weighted by Crippen LogP contribution is -2.13. The van der Waals surface area contributed by atoms with Crippen LogP contribution in [-0.4, -0.2) is 21.2 Å².